The van der Waals surface area contributed by atoms with Crippen molar-refractivity contribution in [3.8, 4) is 17.0 Å². The molecule has 0 fully saturated rings. The Morgan fingerprint density at radius 1 is 1.21 bits per heavy atom. The van der Waals surface area contributed by atoms with Crippen LogP contribution in [0.3, 0.4) is 0 Å². The molecule has 0 N–H and O–H groups in total. The zero-order chi connectivity index (χ0) is 16.5. The molecule has 2 aromatic carbocycles. The number of rotatable bonds is 3. The van der Waals surface area contributed by atoms with Crippen LogP contribution >= 0.6 is 22.9 Å². The van der Waals surface area contributed by atoms with Crippen LogP contribution in [0.5, 0.6) is 5.75 Å². The number of fused-ring (bicyclic) bond motifs is 3. The zero-order valence-electron chi connectivity index (χ0n) is 13.1. The first-order valence-corrected chi connectivity index (χ1v) is 8.89. The van der Waals surface area contributed by atoms with Gasteiger partial charge in [-0.25, -0.2) is 9.98 Å². The summed E-state index contributed by atoms with van der Waals surface area (Å²) < 4.78 is 5.32. The van der Waals surface area contributed by atoms with Gasteiger partial charge in [-0.2, -0.15) is 0 Å². The van der Waals surface area contributed by atoms with Crippen LogP contribution in [-0.4, -0.2) is 18.3 Å². The summed E-state index contributed by atoms with van der Waals surface area (Å²) in [6.07, 6.45) is 3.82. The molecule has 3 aromatic rings. The number of aromatic nitrogens is 1. The Morgan fingerprint density at radius 3 is 2.96 bits per heavy atom. The Hall–Kier alpha value is -2.17. The molecule has 5 heteroatoms. The van der Waals surface area contributed by atoms with Crippen molar-refractivity contribution in [1.29, 1.82) is 0 Å². The number of thiazole rings is 1. The van der Waals surface area contributed by atoms with E-state index in [0.29, 0.717) is 5.02 Å². The fourth-order valence-corrected chi connectivity index (χ4v) is 3.99. The van der Waals surface area contributed by atoms with Crippen LogP contribution in [0.1, 0.15) is 16.0 Å². The lowest BCUT2D eigenvalue weighted by Crippen LogP contribution is -2.02. The van der Waals surface area contributed by atoms with E-state index in [2.05, 4.69) is 17.1 Å². The Bertz CT molecular complexity index is 933. The number of ether oxygens (including phenoxy) is 1. The second kappa shape index (κ2) is 6.38. The molecule has 1 aliphatic rings. The molecule has 0 atom stereocenters. The summed E-state index contributed by atoms with van der Waals surface area (Å²) in [6, 6.07) is 13.8. The number of methoxy groups -OCH3 is 1. The fourth-order valence-electron chi connectivity index (χ4n) is 2.87. The lowest BCUT2D eigenvalue weighted by Gasteiger charge is -2.15. The molecular weight excluding hydrogens is 340 g/mol. The largest absolute Gasteiger partial charge is 0.497 e. The summed E-state index contributed by atoms with van der Waals surface area (Å²) in [4.78, 5) is 10.6. The molecule has 24 heavy (non-hydrogen) atoms. The molecule has 4 rings (SSSR count). The van der Waals surface area contributed by atoms with Crippen LogP contribution in [0, 0.1) is 0 Å². The van der Waals surface area contributed by atoms with E-state index in [1.165, 1.54) is 16.0 Å². The van der Waals surface area contributed by atoms with Gasteiger partial charge < -0.3 is 4.74 Å². The second-order valence-electron chi connectivity index (χ2n) is 5.60. The van der Waals surface area contributed by atoms with Crippen molar-refractivity contribution in [2.24, 2.45) is 4.99 Å². The van der Waals surface area contributed by atoms with Crippen molar-refractivity contribution in [1.82, 2.24) is 4.98 Å². The number of hydrogen-bond acceptors (Lipinski definition) is 4. The monoisotopic (exact) mass is 354 g/mol. The number of benzene rings is 2. The van der Waals surface area contributed by atoms with Gasteiger partial charge in [-0.05, 0) is 54.3 Å². The van der Waals surface area contributed by atoms with E-state index < -0.39 is 0 Å². The predicted molar refractivity (Wildman–Crippen MR) is 100 cm³/mol. The maximum atomic E-state index is 6.01. The highest BCUT2D eigenvalue weighted by Gasteiger charge is 2.21. The third-order valence-corrected chi connectivity index (χ3v) is 5.31. The van der Waals surface area contributed by atoms with E-state index in [1.54, 1.807) is 18.4 Å². The van der Waals surface area contributed by atoms with Crippen molar-refractivity contribution >= 4 is 34.3 Å². The molecule has 0 bridgehead atoms. The van der Waals surface area contributed by atoms with Gasteiger partial charge in [0, 0.05) is 21.7 Å². The second-order valence-corrected chi connectivity index (χ2v) is 7.10. The summed E-state index contributed by atoms with van der Waals surface area (Å²) in [6.45, 7) is 0. The standard InChI is InChI=1S/C19H15ClN2OS/c1-23-15-6-7-16-13(10-15)5-8-17-18(16)22-19(24-17)21-11-12-3-2-4-14(20)9-12/h2-4,6-7,9-11H,5,8H2,1H3. The van der Waals surface area contributed by atoms with Crippen molar-refractivity contribution in [3.05, 3.63) is 63.5 Å². The Balaban J connectivity index is 1.66. The molecule has 1 aliphatic carbocycles. The predicted octanol–water partition coefficient (Wildman–Crippen LogP) is 5.32. The zero-order valence-corrected chi connectivity index (χ0v) is 14.7. The van der Waals surface area contributed by atoms with Gasteiger partial charge in [0.25, 0.3) is 0 Å². The minimum atomic E-state index is 0.709. The molecule has 0 saturated carbocycles. The molecule has 1 heterocycles. The molecule has 0 radical (unpaired) electrons. The number of aryl methyl sites for hydroxylation is 2. The van der Waals surface area contributed by atoms with Gasteiger partial charge in [0.2, 0.25) is 5.13 Å². The molecule has 0 spiro atoms. The van der Waals surface area contributed by atoms with Crippen LogP contribution in [-0.2, 0) is 12.8 Å². The third kappa shape index (κ3) is 2.95. The lowest BCUT2D eigenvalue weighted by atomic mass is 9.93. The van der Waals surface area contributed by atoms with Crippen LogP contribution < -0.4 is 4.74 Å². The van der Waals surface area contributed by atoms with E-state index in [0.717, 1.165) is 35.0 Å². The van der Waals surface area contributed by atoms with E-state index >= 15 is 0 Å². The molecular formula is C19H15ClN2OS. The van der Waals surface area contributed by atoms with Gasteiger partial charge in [-0.3, -0.25) is 0 Å². The minimum absolute atomic E-state index is 0.709. The number of nitrogens with zero attached hydrogens (tertiary/aromatic N) is 2. The van der Waals surface area contributed by atoms with Crippen molar-refractivity contribution < 1.29 is 4.74 Å². The quantitative estimate of drug-likeness (QED) is 0.596. The summed E-state index contributed by atoms with van der Waals surface area (Å²) in [5.41, 5.74) is 4.51. The van der Waals surface area contributed by atoms with Gasteiger partial charge in [0.1, 0.15) is 5.75 Å². The van der Waals surface area contributed by atoms with Crippen molar-refractivity contribution in [3.63, 3.8) is 0 Å². The van der Waals surface area contributed by atoms with E-state index in [4.69, 9.17) is 21.3 Å². The van der Waals surface area contributed by atoms with Crippen LogP contribution in [0.4, 0.5) is 5.13 Å². The number of halogens is 1. The van der Waals surface area contributed by atoms with E-state index in [9.17, 15) is 0 Å². The van der Waals surface area contributed by atoms with E-state index in [-0.39, 0.29) is 0 Å². The Kier molecular flexibility index (Phi) is 4.08. The first-order valence-electron chi connectivity index (χ1n) is 7.69. The molecule has 0 saturated heterocycles. The smallest absolute Gasteiger partial charge is 0.209 e. The van der Waals surface area contributed by atoms with Crippen molar-refractivity contribution in [2.75, 3.05) is 7.11 Å². The average molecular weight is 355 g/mol. The molecule has 120 valence electrons. The summed E-state index contributed by atoms with van der Waals surface area (Å²) in [5, 5.41) is 1.49. The Morgan fingerprint density at radius 2 is 2.12 bits per heavy atom. The van der Waals surface area contributed by atoms with Gasteiger partial charge >= 0.3 is 0 Å². The first kappa shape index (κ1) is 15.4. The highest BCUT2D eigenvalue weighted by Crippen LogP contribution is 2.40. The summed E-state index contributed by atoms with van der Waals surface area (Å²) in [7, 11) is 1.70. The summed E-state index contributed by atoms with van der Waals surface area (Å²) >= 11 is 7.66. The highest BCUT2D eigenvalue weighted by molar-refractivity contribution is 7.15. The number of aliphatic imine (C=N–C) groups is 1. The Labute approximate surface area is 149 Å². The highest BCUT2D eigenvalue weighted by atomic mass is 35.5. The molecule has 0 aliphatic heterocycles. The molecule has 0 amide bonds. The van der Waals surface area contributed by atoms with Gasteiger partial charge in [0.05, 0.1) is 12.8 Å². The third-order valence-electron chi connectivity index (χ3n) is 4.05. The molecule has 1 aromatic heterocycles. The molecule has 3 nitrogen and oxygen atoms in total. The SMILES string of the molecule is COc1ccc2c(c1)CCc1sc(N=Cc3cccc(Cl)c3)nc1-2. The van der Waals surface area contributed by atoms with Crippen molar-refractivity contribution in [2.45, 2.75) is 12.8 Å². The summed E-state index contributed by atoms with van der Waals surface area (Å²) in [5.74, 6) is 0.895. The minimum Gasteiger partial charge on any atom is -0.497 e. The van der Waals surface area contributed by atoms with Crippen LogP contribution in [0.25, 0.3) is 11.3 Å². The van der Waals surface area contributed by atoms with Gasteiger partial charge in [0.15, 0.2) is 0 Å². The fraction of sp³-hybridized carbons (Fsp3) is 0.158. The average Bonchev–Trinajstić information content (AvgIpc) is 3.03. The first-order chi connectivity index (χ1) is 11.7. The topological polar surface area (TPSA) is 34.5 Å². The maximum Gasteiger partial charge on any atom is 0.209 e. The molecule has 0 unspecified atom stereocenters. The number of hydrogen-bond donors (Lipinski definition) is 0. The lowest BCUT2D eigenvalue weighted by molar-refractivity contribution is 0.414. The normalized spacial score (nSPS) is 12.9. The van der Waals surface area contributed by atoms with Crippen LogP contribution in [0.15, 0.2) is 47.5 Å². The van der Waals surface area contributed by atoms with Gasteiger partial charge in [-0.1, -0.05) is 35.1 Å². The van der Waals surface area contributed by atoms with Gasteiger partial charge in [-0.15, -0.1) is 0 Å². The van der Waals surface area contributed by atoms with E-state index in [1.807, 2.05) is 36.5 Å². The van der Waals surface area contributed by atoms with Crippen LogP contribution in [0.2, 0.25) is 5.02 Å². The maximum absolute atomic E-state index is 6.01.